The molecular formula is C13H8BrCl2NO3. The normalized spacial score (nSPS) is 10.3. The number of hydrogen-bond acceptors (Lipinski definition) is 3. The molecule has 0 aliphatic carbocycles. The van der Waals surface area contributed by atoms with Gasteiger partial charge in [-0.2, -0.15) is 0 Å². The molecule has 2 rings (SSSR count). The summed E-state index contributed by atoms with van der Waals surface area (Å²) in [4.78, 5) is 10.5. The summed E-state index contributed by atoms with van der Waals surface area (Å²) in [5.41, 5.74) is 0.556. The van der Waals surface area contributed by atoms with Gasteiger partial charge in [0.25, 0.3) is 0 Å². The maximum atomic E-state index is 11.0. The van der Waals surface area contributed by atoms with Crippen LogP contribution in [-0.2, 0) is 5.88 Å². The molecule has 104 valence electrons. The predicted octanol–water partition coefficient (Wildman–Crippen LogP) is 5.54. The summed E-state index contributed by atoms with van der Waals surface area (Å²) in [6, 6.07) is 9.56. The Hall–Kier alpha value is -1.30. The lowest BCUT2D eigenvalue weighted by atomic mass is 10.2. The van der Waals surface area contributed by atoms with Gasteiger partial charge in [0.05, 0.1) is 15.3 Å². The minimum atomic E-state index is -0.509. The average Bonchev–Trinajstić information content (AvgIpc) is 2.41. The van der Waals surface area contributed by atoms with Crippen LogP contribution in [-0.4, -0.2) is 4.92 Å². The molecule has 0 aromatic heterocycles. The third-order valence-electron chi connectivity index (χ3n) is 2.53. The Morgan fingerprint density at radius 1 is 1.30 bits per heavy atom. The van der Waals surface area contributed by atoms with Crippen molar-refractivity contribution in [1.29, 1.82) is 0 Å². The van der Waals surface area contributed by atoms with Crippen LogP contribution in [0.4, 0.5) is 5.69 Å². The van der Waals surface area contributed by atoms with Gasteiger partial charge in [0.2, 0.25) is 5.75 Å². The van der Waals surface area contributed by atoms with Crippen LogP contribution in [0.2, 0.25) is 5.02 Å². The van der Waals surface area contributed by atoms with Crippen molar-refractivity contribution < 1.29 is 9.66 Å². The maximum absolute atomic E-state index is 11.0. The molecule has 0 saturated carbocycles. The molecule has 2 aromatic carbocycles. The molecule has 0 saturated heterocycles. The van der Waals surface area contributed by atoms with Crippen molar-refractivity contribution in [3.05, 3.63) is 61.6 Å². The number of halogens is 3. The van der Waals surface area contributed by atoms with E-state index in [0.29, 0.717) is 20.8 Å². The topological polar surface area (TPSA) is 52.4 Å². The Bertz CT molecular complexity index is 664. The zero-order valence-corrected chi connectivity index (χ0v) is 13.1. The van der Waals surface area contributed by atoms with E-state index >= 15 is 0 Å². The summed E-state index contributed by atoms with van der Waals surface area (Å²) < 4.78 is 6.13. The smallest absolute Gasteiger partial charge is 0.312 e. The summed E-state index contributed by atoms with van der Waals surface area (Å²) in [5, 5.41) is 11.5. The van der Waals surface area contributed by atoms with E-state index in [-0.39, 0.29) is 17.3 Å². The first-order chi connectivity index (χ1) is 9.52. The molecule has 0 bridgehead atoms. The first-order valence-electron chi connectivity index (χ1n) is 5.48. The lowest BCUT2D eigenvalue weighted by molar-refractivity contribution is -0.385. The molecule has 0 radical (unpaired) electrons. The summed E-state index contributed by atoms with van der Waals surface area (Å²) in [6.07, 6.45) is 0. The van der Waals surface area contributed by atoms with E-state index in [9.17, 15) is 10.1 Å². The number of rotatable bonds is 4. The average molecular weight is 377 g/mol. The molecule has 20 heavy (non-hydrogen) atoms. The molecule has 0 aliphatic heterocycles. The van der Waals surface area contributed by atoms with E-state index in [1.165, 1.54) is 6.07 Å². The maximum Gasteiger partial charge on any atom is 0.312 e. The molecular weight excluding hydrogens is 369 g/mol. The van der Waals surface area contributed by atoms with E-state index in [2.05, 4.69) is 15.9 Å². The van der Waals surface area contributed by atoms with Crippen LogP contribution >= 0.6 is 39.1 Å². The minimum absolute atomic E-state index is 0.117. The van der Waals surface area contributed by atoms with Crippen molar-refractivity contribution in [2.24, 2.45) is 0 Å². The van der Waals surface area contributed by atoms with Crippen molar-refractivity contribution in [3.8, 4) is 11.5 Å². The van der Waals surface area contributed by atoms with E-state index in [1.54, 1.807) is 30.3 Å². The number of nitrogens with zero attached hydrogens (tertiary/aromatic N) is 1. The Morgan fingerprint density at radius 2 is 2.05 bits per heavy atom. The quantitative estimate of drug-likeness (QED) is 0.399. The van der Waals surface area contributed by atoms with Crippen molar-refractivity contribution in [3.63, 3.8) is 0 Å². The van der Waals surface area contributed by atoms with Gasteiger partial charge >= 0.3 is 5.69 Å². The van der Waals surface area contributed by atoms with Crippen LogP contribution in [0.5, 0.6) is 11.5 Å². The van der Waals surface area contributed by atoms with Crippen LogP contribution in [0.1, 0.15) is 5.56 Å². The first kappa shape index (κ1) is 15.1. The standard InChI is InChI=1S/C13H8BrCl2NO3/c14-10-2-1-3-11(17(18)19)13(10)20-12-6-9(16)5-4-8(12)7-15/h1-6H,7H2. The molecule has 0 aliphatic rings. The Balaban J connectivity index is 2.50. The van der Waals surface area contributed by atoms with Crippen LogP contribution in [0.25, 0.3) is 0 Å². The van der Waals surface area contributed by atoms with Gasteiger partial charge in [-0.3, -0.25) is 10.1 Å². The second kappa shape index (κ2) is 6.43. The fourth-order valence-corrected chi connectivity index (χ4v) is 2.41. The second-order valence-corrected chi connectivity index (χ2v) is 5.39. The number of hydrogen-bond donors (Lipinski definition) is 0. The van der Waals surface area contributed by atoms with Gasteiger partial charge in [-0.05, 0) is 34.1 Å². The van der Waals surface area contributed by atoms with Gasteiger partial charge in [-0.15, -0.1) is 11.6 Å². The predicted molar refractivity (Wildman–Crippen MR) is 81.9 cm³/mol. The number of alkyl halides is 1. The fraction of sp³-hybridized carbons (Fsp3) is 0.0769. The van der Waals surface area contributed by atoms with E-state index in [0.717, 1.165) is 0 Å². The lowest BCUT2D eigenvalue weighted by Crippen LogP contribution is -1.96. The molecule has 0 atom stereocenters. The SMILES string of the molecule is O=[N+]([O-])c1cccc(Br)c1Oc1cc(Cl)ccc1CCl. The largest absolute Gasteiger partial charge is 0.449 e. The van der Waals surface area contributed by atoms with E-state index in [1.807, 2.05) is 0 Å². The molecule has 2 aromatic rings. The summed E-state index contributed by atoms with van der Waals surface area (Å²) in [7, 11) is 0. The Morgan fingerprint density at radius 3 is 2.70 bits per heavy atom. The molecule has 0 fully saturated rings. The highest BCUT2D eigenvalue weighted by molar-refractivity contribution is 9.10. The number of ether oxygens (including phenoxy) is 1. The molecule has 4 nitrogen and oxygen atoms in total. The van der Waals surface area contributed by atoms with Gasteiger partial charge in [-0.1, -0.05) is 23.7 Å². The zero-order valence-electron chi connectivity index (χ0n) is 9.98. The highest BCUT2D eigenvalue weighted by Crippen LogP contribution is 2.39. The molecule has 0 unspecified atom stereocenters. The van der Waals surface area contributed by atoms with Crippen molar-refractivity contribution >= 4 is 44.8 Å². The van der Waals surface area contributed by atoms with Gasteiger partial charge < -0.3 is 4.74 Å². The molecule has 7 heteroatoms. The minimum Gasteiger partial charge on any atom is -0.449 e. The highest BCUT2D eigenvalue weighted by Gasteiger charge is 2.19. The number of nitro benzene ring substituents is 1. The van der Waals surface area contributed by atoms with Gasteiger partial charge in [0, 0.05) is 16.7 Å². The van der Waals surface area contributed by atoms with Gasteiger partial charge in [0.15, 0.2) is 0 Å². The van der Waals surface area contributed by atoms with Gasteiger partial charge in [0.1, 0.15) is 5.75 Å². The van der Waals surface area contributed by atoms with Gasteiger partial charge in [-0.25, -0.2) is 0 Å². The van der Waals surface area contributed by atoms with Crippen LogP contribution < -0.4 is 4.74 Å². The summed E-state index contributed by atoms with van der Waals surface area (Å²) in [5.74, 6) is 0.721. The zero-order chi connectivity index (χ0) is 14.7. The first-order valence-corrected chi connectivity index (χ1v) is 7.18. The summed E-state index contributed by atoms with van der Waals surface area (Å²) in [6.45, 7) is 0. The van der Waals surface area contributed by atoms with E-state index in [4.69, 9.17) is 27.9 Å². The van der Waals surface area contributed by atoms with Crippen LogP contribution in [0.3, 0.4) is 0 Å². The molecule has 0 heterocycles. The second-order valence-electron chi connectivity index (χ2n) is 3.83. The number of nitro groups is 1. The van der Waals surface area contributed by atoms with Crippen LogP contribution in [0.15, 0.2) is 40.9 Å². The number of benzene rings is 2. The van der Waals surface area contributed by atoms with Crippen LogP contribution in [0, 0.1) is 10.1 Å². The number of para-hydroxylation sites is 1. The highest BCUT2D eigenvalue weighted by atomic mass is 79.9. The Labute approximate surface area is 133 Å². The van der Waals surface area contributed by atoms with Crippen molar-refractivity contribution in [1.82, 2.24) is 0 Å². The third-order valence-corrected chi connectivity index (χ3v) is 3.68. The third kappa shape index (κ3) is 3.23. The van der Waals surface area contributed by atoms with E-state index < -0.39 is 4.92 Å². The molecule has 0 N–H and O–H groups in total. The monoisotopic (exact) mass is 375 g/mol. The molecule has 0 spiro atoms. The molecule has 0 amide bonds. The fourth-order valence-electron chi connectivity index (χ4n) is 1.59. The Kier molecular flexibility index (Phi) is 4.86. The van der Waals surface area contributed by atoms with Crippen molar-refractivity contribution in [2.45, 2.75) is 5.88 Å². The summed E-state index contributed by atoms with van der Waals surface area (Å²) >= 11 is 15.0. The van der Waals surface area contributed by atoms with Crippen molar-refractivity contribution in [2.75, 3.05) is 0 Å². The lowest BCUT2D eigenvalue weighted by Gasteiger charge is -2.11.